The van der Waals surface area contributed by atoms with Crippen molar-refractivity contribution in [3.05, 3.63) is 53.3 Å². The average Bonchev–Trinajstić information content (AvgIpc) is 3.17. The van der Waals surface area contributed by atoms with E-state index in [4.69, 9.17) is 4.52 Å². The van der Waals surface area contributed by atoms with E-state index in [-0.39, 0.29) is 18.2 Å². The SMILES string of the molecule is CC(C)(C)C(=O)/C=C1\SCC(=O)N1Cc1cc(-c2ccccc2)no1. The Labute approximate surface area is 151 Å². The van der Waals surface area contributed by atoms with Gasteiger partial charge in [0.15, 0.2) is 11.5 Å². The van der Waals surface area contributed by atoms with Crippen LogP contribution in [0.4, 0.5) is 0 Å². The highest BCUT2D eigenvalue weighted by atomic mass is 32.2. The van der Waals surface area contributed by atoms with Crippen molar-refractivity contribution in [2.24, 2.45) is 5.41 Å². The Morgan fingerprint density at radius 3 is 2.72 bits per heavy atom. The second-order valence-corrected chi connectivity index (χ2v) is 7.91. The molecule has 0 aliphatic carbocycles. The van der Waals surface area contributed by atoms with Crippen LogP contribution in [0.1, 0.15) is 26.5 Å². The number of carbonyl (C=O) groups is 2. The van der Waals surface area contributed by atoms with Gasteiger partial charge in [-0.3, -0.25) is 14.5 Å². The van der Waals surface area contributed by atoms with Gasteiger partial charge in [0, 0.05) is 23.1 Å². The molecule has 0 bridgehead atoms. The van der Waals surface area contributed by atoms with Crippen molar-refractivity contribution in [2.45, 2.75) is 27.3 Å². The Morgan fingerprint density at radius 2 is 2.04 bits per heavy atom. The van der Waals surface area contributed by atoms with Crippen LogP contribution in [-0.4, -0.2) is 27.5 Å². The quantitative estimate of drug-likeness (QED) is 0.778. The molecule has 1 aromatic carbocycles. The standard InChI is InChI=1S/C19H20N2O3S/c1-19(2,3)16(22)10-18-21(17(23)12-25-18)11-14-9-15(20-24-14)13-7-5-4-6-8-13/h4-10H,11-12H2,1-3H3/b18-10-. The van der Waals surface area contributed by atoms with Crippen molar-refractivity contribution in [1.29, 1.82) is 0 Å². The minimum Gasteiger partial charge on any atom is -0.359 e. The molecule has 2 heterocycles. The highest BCUT2D eigenvalue weighted by molar-refractivity contribution is 8.04. The maximum Gasteiger partial charge on any atom is 0.238 e. The number of nitrogens with zero attached hydrogens (tertiary/aromatic N) is 2. The summed E-state index contributed by atoms with van der Waals surface area (Å²) < 4.78 is 5.38. The van der Waals surface area contributed by atoms with Crippen LogP contribution < -0.4 is 0 Å². The minimum absolute atomic E-state index is 0.00255. The number of hydrogen-bond donors (Lipinski definition) is 0. The summed E-state index contributed by atoms with van der Waals surface area (Å²) in [4.78, 5) is 26.0. The smallest absolute Gasteiger partial charge is 0.238 e. The van der Waals surface area contributed by atoms with Gasteiger partial charge in [-0.15, -0.1) is 0 Å². The summed E-state index contributed by atoms with van der Waals surface area (Å²) >= 11 is 1.38. The first-order chi connectivity index (χ1) is 11.8. The summed E-state index contributed by atoms with van der Waals surface area (Å²) in [6.45, 7) is 5.86. The molecular weight excluding hydrogens is 336 g/mol. The van der Waals surface area contributed by atoms with Crippen LogP contribution in [0, 0.1) is 5.41 Å². The molecule has 1 amide bonds. The monoisotopic (exact) mass is 356 g/mol. The average molecular weight is 356 g/mol. The summed E-state index contributed by atoms with van der Waals surface area (Å²) in [5.74, 6) is 0.889. The van der Waals surface area contributed by atoms with E-state index in [9.17, 15) is 9.59 Å². The summed E-state index contributed by atoms with van der Waals surface area (Å²) in [7, 11) is 0. The normalized spacial score (nSPS) is 16.7. The Bertz CT molecular complexity index is 819. The molecule has 0 atom stereocenters. The van der Waals surface area contributed by atoms with Crippen LogP contribution in [-0.2, 0) is 16.1 Å². The molecule has 1 aromatic heterocycles. The molecule has 0 unspecified atom stereocenters. The first-order valence-corrected chi connectivity index (χ1v) is 9.03. The highest BCUT2D eigenvalue weighted by Crippen LogP contribution is 2.32. The molecule has 1 aliphatic rings. The molecule has 0 N–H and O–H groups in total. The number of rotatable bonds is 4. The van der Waals surface area contributed by atoms with Crippen molar-refractivity contribution in [1.82, 2.24) is 10.1 Å². The van der Waals surface area contributed by atoms with Crippen molar-refractivity contribution >= 4 is 23.5 Å². The third kappa shape index (κ3) is 4.02. The molecule has 3 rings (SSSR count). The number of aromatic nitrogens is 1. The number of thioether (sulfide) groups is 1. The Kier molecular flexibility index (Phi) is 4.81. The van der Waals surface area contributed by atoms with E-state index < -0.39 is 5.41 Å². The Balaban J connectivity index is 1.79. The Hall–Kier alpha value is -2.34. The van der Waals surface area contributed by atoms with Gasteiger partial charge in [-0.2, -0.15) is 0 Å². The Morgan fingerprint density at radius 1 is 1.32 bits per heavy atom. The molecule has 5 nitrogen and oxygen atoms in total. The lowest BCUT2D eigenvalue weighted by Gasteiger charge is -2.18. The van der Waals surface area contributed by atoms with Crippen molar-refractivity contribution in [3.8, 4) is 11.3 Å². The summed E-state index contributed by atoms with van der Waals surface area (Å²) in [5, 5.41) is 4.74. The second-order valence-electron chi connectivity index (χ2n) is 6.91. The fourth-order valence-electron chi connectivity index (χ4n) is 2.32. The van der Waals surface area contributed by atoms with Crippen LogP contribution >= 0.6 is 11.8 Å². The lowest BCUT2D eigenvalue weighted by atomic mass is 9.91. The fraction of sp³-hybridized carbons (Fsp3) is 0.316. The van der Waals surface area contributed by atoms with Crippen LogP contribution in [0.25, 0.3) is 11.3 Å². The maximum atomic E-state index is 12.3. The van der Waals surface area contributed by atoms with Gasteiger partial charge in [-0.1, -0.05) is 68.0 Å². The van der Waals surface area contributed by atoms with E-state index in [0.717, 1.165) is 11.3 Å². The van der Waals surface area contributed by atoms with Gasteiger partial charge in [-0.25, -0.2) is 0 Å². The molecule has 0 saturated carbocycles. The molecule has 2 aromatic rings. The number of ketones is 1. The van der Waals surface area contributed by atoms with Gasteiger partial charge >= 0.3 is 0 Å². The molecular formula is C19H20N2O3S. The van der Waals surface area contributed by atoms with Gasteiger partial charge < -0.3 is 4.52 Å². The second kappa shape index (κ2) is 6.88. The number of carbonyl (C=O) groups excluding carboxylic acids is 2. The van der Waals surface area contributed by atoms with E-state index in [0.29, 0.717) is 16.5 Å². The molecule has 1 fully saturated rings. The van der Waals surface area contributed by atoms with Crippen LogP contribution in [0.3, 0.4) is 0 Å². The summed E-state index contributed by atoms with van der Waals surface area (Å²) in [6.07, 6.45) is 1.56. The van der Waals surface area contributed by atoms with Gasteiger partial charge in [0.05, 0.1) is 17.3 Å². The zero-order valence-corrected chi connectivity index (χ0v) is 15.3. The number of hydrogen-bond acceptors (Lipinski definition) is 5. The fourth-order valence-corrected chi connectivity index (χ4v) is 3.26. The number of allylic oxidation sites excluding steroid dienone is 1. The van der Waals surface area contributed by atoms with Gasteiger partial charge in [0.1, 0.15) is 5.69 Å². The van der Waals surface area contributed by atoms with E-state index in [1.165, 1.54) is 11.8 Å². The van der Waals surface area contributed by atoms with Crippen molar-refractivity contribution in [3.63, 3.8) is 0 Å². The molecule has 6 heteroatoms. The van der Waals surface area contributed by atoms with Gasteiger partial charge in [-0.05, 0) is 0 Å². The molecule has 25 heavy (non-hydrogen) atoms. The van der Waals surface area contributed by atoms with Gasteiger partial charge in [0.2, 0.25) is 5.91 Å². The van der Waals surface area contributed by atoms with E-state index in [1.54, 1.807) is 11.0 Å². The van der Waals surface area contributed by atoms with E-state index >= 15 is 0 Å². The van der Waals surface area contributed by atoms with Crippen LogP contribution in [0.2, 0.25) is 0 Å². The maximum absolute atomic E-state index is 12.3. The first kappa shape index (κ1) is 17.5. The molecule has 1 aliphatic heterocycles. The minimum atomic E-state index is -0.475. The molecule has 130 valence electrons. The molecule has 0 spiro atoms. The lowest BCUT2D eigenvalue weighted by Crippen LogP contribution is -2.25. The lowest BCUT2D eigenvalue weighted by molar-refractivity contribution is -0.126. The van der Waals surface area contributed by atoms with Crippen LogP contribution in [0.5, 0.6) is 0 Å². The van der Waals surface area contributed by atoms with Crippen LogP contribution in [0.15, 0.2) is 52.0 Å². The highest BCUT2D eigenvalue weighted by Gasteiger charge is 2.30. The van der Waals surface area contributed by atoms with E-state index in [2.05, 4.69) is 5.16 Å². The summed E-state index contributed by atoms with van der Waals surface area (Å²) in [6, 6.07) is 11.5. The predicted octanol–water partition coefficient (Wildman–Crippen LogP) is 3.87. The predicted molar refractivity (Wildman–Crippen MR) is 97.5 cm³/mol. The third-order valence-electron chi connectivity index (χ3n) is 3.85. The number of amides is 1. The third-order valence-corrected chi connectivity index (χ3v) is 4.87. The topological polar surface area (TPSA) is 63.4 Å². The van der Waals surface area contributed by atoms with E-state index in [1.807, 2.05) is 57.2 Å². The molecule has 0 radical (unpaired) electrons. The van der Waals surface area contributed by atoms with Crippen molar-refractivity contribution in [2.75, 3.05) is 5.75 Å². The van der Waals surface area contributed by atoms with Crippen molar-refractivity contribution < 1.29 is 14.1 Å². The van der Waals surface area contributed by atoms with Gasteiger partial charge in [0.25, 0.3) is 0 Å². The molecule has 1 saturated heterocycles. The number of benzene rings is 1. The first-order valence-electron chi connectivity index (χ1n) is 8.05. The summed E-state index contributed by atoms with van der Waals surface area (Å²) in [5.41, 5.74) is 1.21. The zero-order chi connectivity index (χ0) is 18.0. The zero-order valence-electron chi connectivity index (χ0n) is 14.5. The largest absolute Gasteiger partial charge is 0.359 e.